The Morgan fingerprint density at radius 1 is 1.07 bits per heavy atom. The third-order valence-corrected chi connectivity index (χ3v) is 5.36. The van der Waals surface area contributed by atoms with E-state index in [1.807, 2.05) is 64.1 Å². The number of carbonyl (C=O) groups excluding carboxylic acids is 2. The Morgan fingerprint density at radius 2 is 1.77 bits per heavy atom. The topological polar surface area (TPSA) is 58.6 Å². The van der Waals surface area contributed by atoms with Gasteiger partial charge >= 0.3 is 0 Å². The van der Waals surface area contributed by atoms with E-state index in [0.29, 0.717) is 23.2 Å². The lowest BCUT2D eigenvalue weighted by Gasteiger charge is -2.29. The number of aryl methyl sites for hydroxylation is 2. The van der Waals surface area contributed by atoms with Crippen molar-refractivity contribution in [2.45, 2.75) is 47.2 Å². The van der Waals surface area contributed by atoms with Crippen molar-refractivity contribution in [1.82, 2.24) is 10.2 Å². The summed E-state index contributed by atoms with van der Waals surface area (Å²) in [5.41, 5.74) is 3.03. The molecule has 0 fully saturated rings. The zero-order valence-electron chi connectivity index (χ0n) is 18.4. The molecule has 0 radical (unpaired) electrons. The second-order valence-corrected chi connectivity index (χ2v) is 8.37. The molecule has 162 valence electrons. The van der Waals surface area contributed by atoms with Gasteiger partial charge in [-0.15, -0.1) is 0 Å². The van der Waals surface area contributed by atoms with Crippen molar-refractivity contribution in [3.8, 4) is 5.75 Å². The van der Waals surface area contributed by atoms with Gasteiger partial charge in [0.2, 0.25) is 5.91 Å². The van der Waals surface area contributed by atoms with Crippen LogP contribution in [0.1, 0.15) is 37.5 Å². The molecule has 0 unspecified atom stereocenters. The van der Waals surface area contributed by atoms with Gasteiger partial charge in [0.25, 0.3) is 5.91 Å². The molecule has 0 spiro atoms. The van der Waals surface area contributed by atoms with E-state index in [9.17, 15) is 9.59 Å². The Labute approximate surface area is 184 Å². The molecule has 0 saturated heterocycles. The zero-order chi connectivity index (χ0) is 22.3. The summed E-state index contributed by atoms with van der Waals surface area (Å²) in [6, 6.07) is 12.4. The zero-order valence-corrected chi connectivity index (χ0v) is 19.1. The van der Waals surface area contributed by atoms with E-state index in [0.717, 1.165) is 16.7 Å². The molecule has 30 heavy (non-hydrogen) atoms. The summed E-state index contributed by atoms with van der Waals surface area (Å²) in [5, 5.41) is 3.45. The minimum Gasteiger partial charge on any atom is -0.484 e. The fourth-order valence-corrected chi connectivity index (χ4v) is 3.07. The van der Waals surface area contributed by atoms with Crippen LogP contribution in [0.2, 0.25) is 5.02 Å². The molecule has 6 heteroatoms. The number of carbonyl (C=O) groups is 2. The van der Waals surface area contributed by atoms with Crippen LogP contribution in [0.5, 0.6) is 5.75 Å². The van der Waals surface area contributed by atoms with Crippen molar-refractivity contribution in [3.05, 3.63) is 64.2 Å². The van der Waals surface area contributed by atoms with Gasteiger partial charge in [0.15, 0.2) is 6.61 Å². The highest BCUT2D eigenvalue weighted by Gasteiger charge is 2.27. The summed E-state index contributed by atoms with van der Waals surface area (Å²) < 4.78 is 5.72. The number of amides is 2. The van der Waals surface area contributed by atoms with E-state index >= 15 is 0 Å². The first-order chi connectivity index (χ1) is 14.2. The third kappa shape index (κ3) is 6.77. The minimum absolute atomic E-state index is 0.158. The van der Waals surface area contributed by atoms with Gasteiger partial charge in [-0.25, -0.2) is 0 Å². The molecule has 1 atom stereocenters. The maximum Gasteiger partial charge on any atom is 0.261 e. The van der Waals surface area contributed by atoms with Crippen LogP contribution in [-0.2, 0) is 16.1 Å². The van der Waals surface area contributed by atoms with E-state index in [-0.39, 0.29) is 25.0 Å². The Hall–Kier alpha value is -2.53. The summed E-state index contributed by atoms with van der Waals surface area (Å²) in [6.45, 7) is 10.4. The summed E-state index contributed by atoms with van der Waals surface area (Å²) in [5.74, 6) is 0.471. The van der Waals surface area contributed by atoms with Gasteiger partial charge in [0.05, 0.1) is 0 Å². The van der Waals surface area contributed by atoms with Crippen LogP contribution in [-0.4, -0.2) is 35.9 Å². The van der Waals surface area contributed by atoms with Crippen LogP contribution in [0.4, 0.5) is 0 Å². The molecule has 0 aliphatic rings. The number of nitrogens with one attached hydrogen (secondary N) is 1. The van der Waals surface area contributed by atoms with E-state index in [4.69, 9.17) is 16.3 Å². The summed E-state index contributed by atoms with van der Waals surface area (Å²) in [7, 11) is 0. The number of halogens is 1. The molecular weight excluding hydrogens is 400 g/mol. The highest BCUT2D eigenvalue weighted by atomic mass is 35.5. The van der Waals surface area contributed by atoms with Gasteiger partial charge in [-0.3, -0.25) is 9.59 Å². The van der Waals surface area contributed by atoms with Gasteiger partial charge in [0, 0.05) is 18.1 Å². The SMILES string of the molecule is Cc1ccc(OCC(=O)N(Cc2ccccc2Cl)[C@@H](C)C(=O)NCC(C)C)cc1C. The first-order valence-corrected chi connectivity index (χ1v) is 10.6. The van der Waals surface area contributed by atoms with Crippen molar-refractivity contribution in [1.29, 1.82) is 0 Å². The van der Waals surface area contributed by atoms with Crippen LogP contribution >= 0.6 is 11.6 Å². The molecule has 0 aromatic heterocycles. The van der Waals surface area contributed by atoms with Gasteiger partial charge in [-0.1, -0.05) is 49.7 Å². The predicted octanol–water partition coefficient (Wildman–Crippen LogP) is 4.53. The molecule has 5 nitrogen and oxygen atoms in total. The van der Waals surface area contributed by atoms with Gasteiger partial charge in [0.1, 0.15) is 11.8 Å². The van der Waals surface area contributed by atoms with Gasteiger partial charge in [-0.05, 0) is 61.6 Å². The maximum absolute atomic E-state index is 13.0. The molecule has 0 aliphatic heterocycles. The lowest BCUT2D eigenvalue weighted by molar-refractivity contribution is -0.142. The van der Waals surface area contributed by atoms with Crippen molar-refractivity contribution < 1.29 is 14.3 Å². The highest BCUT2D eigenvalue weighted by Crippen LogP contribution is 2.20. The fourth-order valence-electron chi connectivity index (χ4n) is 2.88. The van der Waals surface area contributed by atoms with Crippen LogP contribution in [0.25, 0.3) is 0 Å². The number of hydrogen-bond donors (Lipinski definition) is 1. The van der Waals surface area contributed by atoms with Crippen molar-refractivity contribution in [2.24, 2.45) is 5.92 Å². The van der Waals surface area contributed by atoms with Gasteiger partial charge in [-0.2, -0.15) is 0 Å². The molecular formula is C24H31ClN2O3. The second kappa shape index (κ2) is 11.0. The van der Waals surface area contributed by atoms with Crippen LogP contribution in [0.15, 0.2) is 42.5 Å². The maximum atomic E-state index is 13.0. The van der Waals surface area contributed by atoms with Crippen molar-refractivity contribution in [3.63, 3.8) is 0 Å². The fraction of sp³-hybridized carbons (Fsp3) is 0.417. The normalized spacial score (nSPS) is 11.8. The largest absolute Gasteiger partial charge is 0.484 e. The average Bonchev–Trinajstić information content (AvgIpc) is 2.71. The standard InChI is InChI=1S/C24H31ClN2O3/c1-16(2)13-26-24(29)19(5)27(14-20-8-6-7-9-22(20)25)23(28)15-30-21-11-10-17(3)18(4)12-21/h6-12,16,19H,13-15H2,1-5H3,(H,26,29)/t19-/m0/s1. The molecule has 0 saturated carbocycles. The Balaban J connectivity index is 2.16. The molecule has 1 N–H and O–H groups in total. The molecule has 0 aliphatic carbocycles. The smallest absolute Gasteiger partial charge is 0.261 e. The quantitative estimate of drug-likeness (QED) is 0.636. The lowest BCUT2D eigenvalue weighted by Crippen LogP contribution is -2.49. The van der Waals surface area contributed by atoms with Crippen LogP contribution < -0.4 is 10.1 Å². The highest BCUT2D eigenvalue weighted by molar-refractivity contribution is 6.31. The Morgan fingerprint density at radius 3 is 2.40 bits per heavy atom. The van der Waals surface area contributed by atoms with Crippen LogP contribution in [0.3, 0.4) is 0 Å². The minimum atomic E-state index is -0.657. The van der Waals surface area contributed by atoms with Crippen molar-refractivity contribution >= 4 is 23.4 Å². The summed E-state index contributed by atoms with van der Waals surface area (Å²) in [4.78, 5) is 27.2. The number of rotatable bonds is 9. The van der Waals surface area contributed by atoms with E-state index in [2.05, 4.69) is 5.32 Å². The number of hydrogen-bond acceptors (Lipinski definition) is 3. The third-order valence-electron chi connectivity index (χ3n) is 4.99. The van der Waals surface area contributed by atoms with E-state index < -0.39 is 6.04 Å². The number of ether oxygens (including phenoxy) is 1. The Kier molecular flexibility index (Phi) is 8.72. The summed E-state index contributed by atoms with van der Waals surface area (Å²) >= 11 is 6.30. The molecule has 2 aromatic carbocycles. The van der Waals surface area contributed by atoms with Crippen molar-refractivity contribution in [2.75, 3.05) is 13.2 Å². The van der Waals surface area contributed by atoms with E-state index in [1.54, 1.807) is 13.0 Å². The second-order valence-electron chi connectivity index (χ2n) is 7.96. The van der Waals surface area contributed by atoms with Crippen LogP contribution in [0, 0.1) is 19.8 Å². The molecule has 0 heterocycles. The number of benzene rings is 2. The predicted molar refractivity (Wildman–Crippen MR) is 121 cm³/mol. The van der Waals surface area contributed by atoms with Gasteiger partial charge < -0.3 is 15.0 Å². The molecule has 2 rings (SSSR count). The first kappa shape index (κ1) is 23.7. The molecule has 2 aromatic rings. The summed E-state index contributed by atoms with van der Waals surface area (Å²) in [6.07, 6.45) is 0. The lowest BCUT2D eigenvalue weighted by atomic mass is 10.1. The number of nitrogens with zero attached hydrogens (tertiary/aromatic N) is 1. The molecule has 2 amide bonds. The van der Waals surface area contributed by atoms with E-state index in [1.165, 1.54) is 4.90 Å². The average molecular weight is 431 g/mol. The monoisotopic (exact) mass is 430 g/mol. The molecule has 0 bridgehead atoms. The first-order valence-electron chi connectivity index (χ1n) is 10.2. The Bertz CT molecular complexity index is 883.